The normalized spacial score (nSPS) is 33.7. The van der Waals surface area contributed by atoms with Crippen molar-refractivity contribution in [1.82, 2.24) is 9.80 Å². The molecule has 2 rings (SSSR count). The quantitative estimate of drug-likeness (QED) is 0.831. The average Bonchev–Trinajstić information content (AvgIpc) is 2.51. The summed E-state index contributed by atoms with van der Waals surface area (Å²) in [5, 5.41) is 0. The zero-order chi connectivity index (χ0) is 13.3. The molecule has 3 atom stereocenters. The molecular formula is C15H31N3. The van der Waals surface area contributed by atoms with Gasteiger partial charge in [0.05, 0.1) is 0 Å². The van der Waals surface area contributed by atoms with Crippen molar-refractivity contribution in [3.8, 4) is 0 Å². The summed E-state index contributed by atoms with van der Waals surface area (Å²) in [5.41, 5.74) is 6.31. The fourth-order valence-corrected chi connectivity index (χ4v) is 4.02. The second kappa shape index (κ2) is 5.48. The van der Waals surface area contributed by atoms with Crippen LogP contribution in [0.4, 0.5) is 0 Å². The summed E-state index contributed by atoms with van der Waals surface area (Å²) in [7, 11) is 2.31. The number of likely N-dealkylation sites (N-methyl/N-ethyl adjacent to an activating group) is 1. The van der Waals surface area contributed by atoms with Crippen LogP contribution in [0.5, 0.6) is 0 Å². The van der Waals surface area contributed by atoms with Crippen molar-refractivity contribution in [2.45, 2.75) is 64.1 Å². The Kier molecular flexibility index (Phi) is 4.35. The van der Waals surface area contributed by atoms with Crippen LogP contribution in [0, 0.1) is 5.92 Å². The van der Waals surface area contributed by atoms with Gasteiger partial charge < -0.3 is 5.73 Å². The van der Waals surface area contributed by atoms with Gasteiger partial charge in [-0.2, -0.15) is 0 Å². The largest absolute Gasteiger partial charge is 0.329 e. The summed E-state index contributed by atoms with van der Waals surface area (Å²) in [5.74, 6) is 0.719. The third-order valence-electron chi connectivity index (χ3n) is 5.20. The highest BCUT2D eigenvalue weighted by atomic mass is 15.3. The number of nitrogens with zero attached hydrogens (tertiary/aromatic N) is 2. The molecule has 2 N–H and O–H groups in total. The fourth-order valence-electron chi connectivity index (χ4n) is 4.02. The van der Waals surface area contributed by atoms with E-state index in [1.807, 2.05) is 0 Å². The van der Waals surface area contributed by atoms with Crippen molar-refractivity contribution in [2.75, 3.05) is 26.7 Å². The topological polar surface area (TPSA) is 32.5 Å². The molecule has 2 fully saturated rings. The van der Waals surface area contributed by atoms with Gasteiger partial charge in [-0.15, -0.1) is 0 Å². The molecule has 2 saturated heterocycles. The number of rotatable bonds is 4. The van der Waals surface area contributed by atoms with Crippen LogP contribution in [0.2, 0.25) is 0 Å². The van der Waals surface area contributed by atoms with Crippen molar-refractivity contribution in [1.29, 1.82) is 0 Å². The van der Waals surface area contributed by atoms with Gasteiger partial charge in [-0.1, -0.05) is 13.8 Å². The molecule has 0 spiro atoms. The Morgan fingerprint density at radius 1 is 1.22 bits per heavy atom. The number of hydrogen-bond acceptors (Lipinski definition) is 3. The number of nitrogens with two attached hydrogens (primary N) is 1. The van der Waals surface area contributed by atoms with Crippen molar-refractivity contribution < 1.29 is 0 Å². The first-order chi connectivity index (χ1) is 8.46. The van der Waals surface area contributed by atoms with E-state index in [-0.39, 0.29) is 5.54 Å². The lowest BCUT2D eigenvalue weighted by Gasteiger charge is -2.43. The van der Waals surface area contributed by atoms with Crippen LogP contribution < -0.4 is 5.73 Å². The lowest BCUT2D eigenvalue weighted by molar-refractivity contribution is 0.0785. The van der Waals surface area contributed by atoms with Crippen LogP contribution in [-0.2, 0) is 0 Å². The Labute approximate surface area is 113 Å². The maximum Gasteiger partial charge on any atom is 0.0306 e. The van der Waals surface area contributed by atoms with Crippen molar-refractivity contribution in [3.63, 3.8) is 0 Å². The monoisotopic (exact) mass is 253 g/mol. The first-order valence-corrected chi connectivity index (χ1v) is 7.63. The highest BCUT2D eigenvalue weighted by Gasteiger charge is 2.40. The molecule has 3 nitrogen and oxygen atoms in total. The lowest BCUT2D eigenvalue weighted by Crippen LogP contribution is -2.55. The molecule has 3 unspecified atom stereocenters. The molecule has 0 aromatic heterocycles. The summed E-state index contributed by atoms with van der Waals surface area (Å²) < 4.78 is 0. The molecule has 0 amide bonds. The van der Waals surface area contributed by atoms with E-state index in [0.717, 1.165) is 24.5 Å². The molecule has 0 aliphatic carbocycles. The van der Waals surface area contributed by atoms with Crippen molar-refractivity contribution in [3.05, 3.63) is 0 Å². The van der Waals surface area contributed by atoms with Gasteiger partial charge in [0.25, 0.3) is 0 Å². The van der Waals surface area contributed by atoms with Gasteiger partial charge in [0.2, 0.25) is 0 Å². The van der Waals surface area contributed by atoms with Crippen LogP contribution in [0.15, 0.2) is 0 Å². The molecule has 0 saturated carbocycles. The maximum absolute atomic E-state index is 6.11. The minimum absolute atomic E-state index is 0.194. The van der Waals surface area contributed by atoms with Crippen LogP contribution in [-0.4, -0.2) is 54.1 Å². The van der Waals surface area contributed by atoms with E-state index in [4.69, 9.17) is 5.73 Å². The molecule has 0 aromatic carbocycles. The molecule has 3 heteroatoms. The van der Waals surface area contributed by atoms with Gasteiger partial charge in [-0.25, -0.2) is 0 Å². The highest BCUT2D eigenvalue weighted by Crippen LogP contribution is 2.33. The highest BCUT2D eigenvalue weighted by molar-refractivity contribution is 4.97. The van der Waals surface area contributed by atoms with Crippen molar-refractivity contribution >= 4 is 0 Å². The van der Waals surface area contributed by atoms with Crippen LogP contribution >= 0.6 is 0 Å². The Morgan fingerprint density at radius 3 is 2.50 bits per heavy atom. The number of hydrogen-bond donors (Lipinski definition) is 1. The predicted octanol–water partition coefficient (Wildman–Crippen LogP) is 1.92. The Bertz CT molecular complexity index is 279. The predicted molar refractivity (Wildman–Crippen MR) is 77.7 cm³/mol. The smallest absolute Gasteiger partial charge is 0.0306 e. The zero-order valence-electron chi connectivity index (χ0n) is 12.7. The van der Waals surface area contributed by atoms with Crippen LogP contribution in [0.25, 0.3) is 0 Å². The van der Waals surface area contributed by atoms with Gasteiger partial charge in [-0.05, 0) is 45.6 Å². The van der Waals surface area contributed by atoms with E-state index < -0.39 is 0 Å². The van der Waals surface area contributed by atoms with E-state index in [1.54, 1.807) is 0 Å². The first kappa shape index (κ1) is 14.3. The van der Waals surface area contributed by atoms with Gasteiger partial charge in [-0.3, -0.25) is 9.80 Å². The summed E-state index contributed by atoms with van der Waals surface area (Å²) in [6, 6.07) is 1.58. The van der Waals surface area contributed by atoms with E-state index in [1.165, 1.54) is 38.8 Å². The fraction of sp³-hybridized carbons (Fsp3) is 1.00. The maximum atomic E-state index is 6.11. The van der Waals surface area contributed by atoms with E-state index in [9.17, 15) is 0 Å². The Morgan fingerprint density at radius 2 is 1.89 bits per heavy atom. The molecule has 106 valence electrons. The number of likely N-dealkylation sites (tertiary alicyclic amines) is 1. The molecule has 2 bridgehead atoms. The molecule has 0 radical (unpaired) electrons. The SMILES string of the molecule is CC(C)CC(C)(CN)N1CCC2CCC(C1)N2C. The van der Waals surface area contributed by atoms with Gasteiger partial charge in [0, 0.05) is 37.3 Å². The summed E-state index contributed by atoms with van der Waals surface area (Å²) >= 11 is 0. The first-order valence-electron chi connectivity index (χ1n) is 7.63. The zero-order valence-corrected chi connectivity index (χ0v) is 12.7. The average molecular weight is 253 g/mol. The van der Waals surface area contributed by atoms with Gasteiger partial charge >= 0.3 is 0 Å². The molecule has 2 aliphatic rings. The Balaban J connectivity index is 2.08. The standard InChI is InChI=1S/C15H31N3/c1-12(2)9-15(3,11-16)18-8-7-13-5-6-14(10-18)17(13)4/h12-14H,5-11,16H2,1-4H3. The summed E-state index contributed by atoms with van der Waals surface area (Å²) in [4.78, 5) is 5.31. The Hall–Kier alpha value is -0.120. The molecule has 18 heavy (non-hydrogen) atoms. The van der Waals surface area contributed by atoms with Gasteiger partial charge in [0.15, 0.2) is 0 Å². The minimum Gasteiger partial charge on any atom is -0.329 e. The number of fused-ring (bicyclic) bond motifs is 2. The summed E-state index contributed by atoms with van der Waals surface area (Å²) in [6.45, 7) is 10.2. The molecule has 0 aromatic rings. The second-order valence-electron chi connectivity index (χ2n) is 7.08. The third kappa shape index (κ3) is 2.73. The summed E-state index contributed by atoms with van der Waals surface area (Å²) in [6.07, 6.45) is 5.31. The second-order valence-corrected chi connectivity index (χ2v) is 7.08. The lowest BCUT2D eigenvalue weighted by atomic mass is 9.88. The van der Waals surface area contributed by atoms with Crippen LogP contribution in [0.3, 0.4) is 0 Å². The molecule has 2 heterocycles. The van der Waals surface area contributed by atoms with E-state index in [2.05, 4.69) is 37.6 Å². The third-order valence-corrected chi connectivity index (χ3v) is 5.20. The van der Waals surface area contributed by atoms with E-state index in [0.29, 0.717) is 0 Å². The molecular weight excluding hydrogens is 222 g/mol. The minimum atomic E-state index is 0.194. The van der Waals surface area contributed by atoms with Gasteiger partial charge in [0.1, 0.15) is 0 Å². The van der Waals surface area contributed by atoms with Crippen LogP contribution in [0.1, 0.15) is 46.5 Å². The van der Waals surface area contributed by atoms with E-state index >= 15 is 0 Å². The van der Waals surface area contributed by atoms with Crippen molar-refractivity contribution in [2.24, 2.45) is 11.7 Å². The molecule has 2 aliphatic heterocycles.